The van der Waals surface area contributed by atoms with Crippen LogP contribution in [0.25, 0.3) is 0 Å². The molecule has 3 aromatic rings. The maximum Gasteiger partial charge on any atom is 0.286 e. The lowest BCUT2D eigenvalue weighted by atomic mass is 10.0. The van der Waals surface area contributed by atoms with Crippen LogP contribution in [-0.2, 0) is 16.4 Å². The Morgan fingerprint density at radius 1 is 1.12 bits per heavy atom. The van der Waals surface area contributed by atoms with Gasteiger partial charge < -0.3 is 5.32 Å². The molecule has 2 heterocycles. The molecule has 0 unspecified atom stereocenters. The fourth-order valence-electron chi connectivity index (χ4n) is 3.83. The monoisotopic (exact) mass is 470 g/mol. The SMILES string of the molecule is CCCc1ccc(S(=O)(=O)N2CCC[C@H](c3nnc(C(=O)Nc4ccccc4)s3)C2)cc1. The van der Waals surface area contributed by atoms with E-state index in [9.17, 15) is 13.2 Å². The Labute approximate surface area is 192 Å². The number of anilines is 1. The fraction of sp³-hybridized carbons (Fsp3) is 0.348. The number of nitrogens with one attached hydrogen (secondary N) is 1. The molecular weight excluding hydrogens is 444 g/mol. The van der Waals surface area contributed by atoms with Crippen LogP contribution in [0, 0.1) is 0 Å². The van der Waals surface area contributed by atoms with E-state index in [1.165, 1.54) is 15.6 Å². The van der Waals surface area contributed by atoms with Gasteiger partial charge in [0.15, 0.2) is 0 Å². The molecule has 0 spiro atoms. The molecule has 2 aromatic carbocycles. The number of piperidine rings is 1. The molecule has 1 N–H and O–H groups in total. The highest BCUT2D eigenvalue weighted by Crippen LogP contribution is 2.32. The third-order valence-electron chi connectivity index (χ3n) is 5.50. The summed E-state index contributed by atoms with van der Waals surface area (Å²) in [6.07, 6.45) is 3.51. The lowest BCUT2D eigenvalue weighted by Gasteiger charge is -2.30. The lowest BCUT2D eigenvalue weighted by Crippen LogP contribution is -2.39. The molecule has 1 aliphatic heterocycles. The number of aryl methyl sites for hydroxylation is 1. The topological polar surface area (TPSA) is 92.3 Å². The summed E-state index contributed by atoms with van der Waals surface area (Å²) >= 11 is 1.23. The Bertz CT molecular complexity index is 1160. The Hall–Kier alpha value is -2.62. The van der Waals surface area contributed by atoms with E-state index < -0.39 is 10.0 Å². The third-order valence-corrected chi connectivity index (χ3v) is 8.46. The molecule has 1 saturated heterocycles. The normalized spacial score (nSPS) is 17.2. The molecule has 1 amide bonds. The van der Waals surface area contributed by atoms with Crippen molar-refractivity contribution in [2.75, 3.05) is 18.4 Å². The highest BCUT2D eigenvalue weighted by Gasteiger charge is 2.32. The number of benzene rings is 2. The van der Waals surface area contributed by atoms with Gasteiger partial charge in [0, 0.05) is 24.7 Å². The molecule has 1 aromatic heterocycles. The minimum Gasteiger partial charge on any atom is -0.320 e. The zero-order valence-corrected chi connectivity index (χ0v) is 19.5. The average molecular weight is 471 g/mol. The second-order valence-electron chi connectivity index (χ2n) is 7.86. The molecule has 1 fully saturated rings. The Balaban J connectivity index is 1.45. The van der Waals surface area contributed by atoms with E-state index in [2.05, 4.69) is 22.4 Å². The first-order valence-electron chi connectivity index (χ1n) is 10.8. The van der Waals surface area contributed by atoms with Gasteiger partial charge in [-0.05, 0) is 49.1 Å². The van der Waals surface area contributed by atoms with E-state index in [-0.39, 0.29) is 16.8 Å². The molecule has 0 radical (unpaired) electrons. The molecule has 7 nitrogen and oxygen atoms in total. The minimum absolute atomic E-state index is 0.0753. The number of nitrogens with zero attached hydrogens (tertiary/aromatic N) is 3. The number of para-hydroxylation sites is 1. The highest BCUT2D eigenvalue weighted by molar-refractivity contribution is 7.89. The molecule has 0 aliphatic carbocycles. The Kier molecular flexibility index (Phi) is 6.98. The maximum absolute atomic E-state index is 13.2. The number of sulfonamides is 1. The van der Waals surface area contributed by atoms with Crippen molar-refractivity contribution >= 4 is 33.0 Å². The van der Waals surface area contributed by atoms with Gasteiger partial charge in [-0.3, -0.25) is 4.79 Å². The van der Waals surface area contributed by atoms with Gasteiger partial charge in [-0.15, -0.1) is 10.2 Å². The van der Waals surface area contributed by atoms with Gasteiger partial charge in [0.25, 0.3) is 5.91 Å². The molecule has 32 heavy (non-hydrogen) atoms. The van der Waals surface area contributed by atoms with E-state index in [1.807, 2.05) is 30.3 Å². The zero-order chi connectivity index (χ0) is 22.6. The molecule has 0 bridgehead atoms. The van der Waals surface area contributed by atoms with Gasteiger partial charge in [0.1, 0.15) is 5.01 Å². The standard InChI is InChI=1S/C23H26N4O3S2/c1-2-7-17-11-13-20(14-12-17)32(29,30)27-15-6-8-18(16-27)22-25-26-23(31-22)21(28)24-19-9-4-3-5-10-19/h3-5,9-14,18H,2,6-8,15-16H2,1H3,(H,24,28)/t18-/m0/s1. The number of hydrogen-bond donors (Lipinski definition) is 1. The van der Waals surface area contributed by atoms with E-state index in [0.29, 0.717) is 28.7 Å². The summed E-state index contributed by atoms with van der Waals surface area (Å²) in [5.41, 5.74) is 1.83. The number of rotatable bonds is 7. The van der Waals surface area contributed by atoms with Crippen molar-refractivity contribution in [3.8, 4) is 0 Å². The molecule has 1 aliphatic rings. The van der Waals surface area contributed by atoms with Crippen LogP contribution in [0.4, 0.5) is 5.69 Å². The second kappa shape index (κ2) is 9.89. The van der Waals surface area contributed by atoms with Crippen molar-refractivity contribution in [2.24, 2.45) is 0 Å². The van der Waals surface area contributed by atoms with Crippen molar-refractivity contribution in [1.29, 1.82) is 0 Å². The fourth-order valence-corrected chi connectivity index (χ4v) is 6.21. The van der Waals surface area contributed by atoms with E-state index in [1.54, 1.807) is 24.3 Å². The predicted octanol–water partition coefficient (Wildman–Crippen LogP) is 4.31. The number of carbonyl (C=O) groups excluding carboxylic acids is 1. The molecule has 9 heteroatoms. The summed E-state index contributed by atoms with van der Waals surface area (Å²) in [5.74, 6) is -0.388. The predicted molar refractivity (Wildman–Crippen MR) is 125 cm³/mol. The summed E-state index contributed by atoms with van der Waals surface area (Å²) in [6.45, 7) is 2.92. The number of amides is 1. The number of hydrogen-bond acceptors (Lipinski definition) is 6. The highest BCUT2D eigenvalue weighted by atomic mass is 32.2. The molecule has 0 saturated carbocycles. The van der Waals surface area contributed by atoms with Crippen LogP contribution < -0.4 is 5.32 Å². The minimum atomic E-state index is -3.57. The van der Waals surface area contributed by atoms with Crippen LogP contribution in [0.2, 0.25) is 0 Å². The zero-order valence-electron chi connectivity index (χ0n) is 17.9. The van der Waals surface area contributed by atoms with Crippen molar-refractivity contribution in [1.82, 2.24) is 14.5 Å². The average Bonchev–Trinajstić information content (AvgIpc) is 3.31. The van der Waals surface area contributed by atoms with Gasteiger partial charge in [0.05, 0.1) is 4.90 Å². The van der Waals surface area contributed by atoms with Crippen LogP contribution in [0.5, 0.6) is 0 Å². The van der Waals surface area contributed by atoms with Crippen LogP contribution in [0.1, 0.15) is 52.5 Å². The van der Waals surface area contributed by atoms with Gasteiger partial charge >= 0.3 is 0 Å². The van der Waals surface area contributed by atoms with Gasteiger partial charge in [-0.25, -0.2) is 8.42 Å². The maximum atomic E-state index is 13.2. The first-order valence-corrected chi connectivity index (χ1v) is 13.0. The number of carbonyl (C=O) groups is 1. The summed E-state index contributed by atoms with van der Waals surface area (Å²) in [7, 11) is -3.57. The van der Waals surface area contributed by atoms with E-state index >= 15 is 0 Å². The van der Waals surface area contributed by atoms with Crippen molar-refractivity contribution < 1.29 is 13.2 Å². The Morgan fingerprint density at radius 3 is 2.59 bits per heavy atom. The summed E-state index contributed by atoms with van der Waals surface area (Å²) in [4.78, 5) is 12.8. The summed E-state index contributed by atoms with van der Waals surface area (Å²) in [6, 6.07) is 16.3. The Morgan fingerprint density at radius 2 is 1.88 bits per heavy atom. The van der Waals surface area contributed by atoms with Gasteiger partial charge in [0.2, 0.25) is 15.0 Å². The second-order valence-corrected chi connectivity index (χ2v) is 10.8. The van der Waals surface area contributed by atoms with Crippen molar-refractivity contribution in [3.63, 3.8) is 0 Å². The molecule has 4 rings (SSSR count). The smallest absolute Gasteiger partial charge is 0.286 e. The van der Waals surface area contributed by atoms with Gasteiger partial charge in [-0.2, -0.15) is 4.31 Å². The molecular formula is C23H26N4O3S2. The van der Waals surface area contributed by atoms with Crippen LogP contribution in [0.15, 0.2) is 59.5 Å². The summed E-state index contributed by atoms with van der Waals surface area (Å²) in [5, 5.41) is 12.0. The first kappa shape index (κ1) is 22.6. The van der Waals surface area contributed by atoms with Crippen LogP contribution >= 0.6 is 11.3 Å². The van der Waals surface area contributed by atoms with Crippen LogP contribution in [-0.4, -0.2) is 41.9 Å². The lowest BCUT2D eigenvalue weighted by molar-refractivity contribution is 0.102. The summed E-state index contributed by atoms with van der Waals surface area (Å²) < 4.78 is 27.9. The van der Waals surface area contributed by atoms with Crippen molar-refractivity contribution in [3.05, 3.63) is 70.2 Å². The number of aromatic nitrogens is 2. The van der Waals surface area contributed by atoms with Crippen molar-refractivity contribution in [2.45, 2.75) is 43.4 Å². The third kappa shape index (κ3) is 5.06. The largest absolute Gasteiger partial charge is 0.320 e. The first-order chi connectivity index (χ1) is 15.5. The molecule has 168 valence electrons. The van der Waals surface area contributed by atoms with E-state index in [0.717, 1.165) is 31.2 Å². The van der Waals surface area contributed by atoms with E-state index in [4.69, 9.17) is 0 Å². The molecule has 1 atom stereocenters. The van der Waals surface area contributed by atoms with Gasteiger partial charge in [-0.1, -0.05) is 55.0 Å². The quantitative estimate of drug-likeness (QED) is 0.555. The van der Waals surface area contributed by atoms with Crippen LogP contribution in [0.3, 0.4) is 0 Å².